The predicted octanol–water partition coefficient (Wildman–Crippen LogP) is 4.79. The van der Waals surface area contributed by atoms with E-state index in [1.807, 2.05) is 78.1 Å². The molecule has 1 aliphatic rings. The molecule has 30 heavy (non-hydrogen) atoms. The van der Waals surface area contributed by atoms with Crippen LogP contribution < -0.4 is 4.90 Å². The zero-order valence-electron chi connectivity index (χ0n) is 17.4. The Morgan fingerprint density at radius 1 is 1.13 bits per heavy atom. The van der Waals surface area contributed by atoms with Crippen LogP contribution >= 0.6 is 15.9 Å². The summed E-state index contributed by atoms with van der Waals surface area (Å²) >= 11 is 3.55. The number of para-hydroxylation sites is 1. The smallest absolute Gasteiger partial charge is 0.258 e. The van der Waals surface area contributed by atoms with Gasteiger partial charge in [0.15, 0.2) is 0 Å². The molecule has 0 fully saturated rings. The van der Waals surface area contributed by atoms with Crippen LogP contribution in [0.15, 0.2) is 53.1 Å². The Kier molecular flexibility index (Phi) is 5.52. The first-order valence-corrected chi connectivity index (χ1v) is 10.9. The van der Waals surface area contributed by atoms with E-state index in [-0.39, 0.29) is 18.4 Å². The molecule has 0 atom stereocenters. The largest absolute Gasteiger partial charge is 0.342 e. The standard InChI is InChI=1S/C24H24BrN3O2/c1-4-27(5-2)23(29)15-28-14-16(19-13-17(25)10-11-22(19)28)12-20-18-8-6-7-9-21(18)26(3)24(20)30/h6-14H,4-5,15H2,1-3H3. The number of halogens is 1. The van der Waals surface area contributed by atoms with Crippen molar-refractivity contribution in [3.63, 3.8) is 0 Å². The molecule has 1 aromatic heterocycles. The van der Waals surface area contributed by atoms with Gasteiger partial charge in [0, 0.05) is 58.4 Å². The Morgan fingerprint density at radius 2 is 1.87 bits per heavy atom. The third kappa shape index (κ3) is 3.45. The van der Waals surface area contributed by atoms with Gasteiger partial charge in [-0.2, -0.15) is 0 Å². The molecular formula is C24H24BrN3O2. The summed E-state index contributed by atoms with van der Waals surface area (Å²) < 4.78 is 2.93. The Hall–Kier alpha value is -2.86. The number of hydrogen-bond donors (Lipinski definition) is 0. The molecule has 0 unspecified atom stereocenters. The van der Waals surface area contributed by atoms with Gasteiger partial charge in [-0.3, -0.25) is 9.59 Å². The number of aromatic nitrogens is 1. The van der Waals surface area contributed by atoms with Gasteiger partial charge in [-0.15, -0.1) is 0 Å². The summed E-state index contributed by atoms with van der Waals surface area (Å²) in [7, 11) is 1.80. The quantitative estimate of drug-likeness (QED) is 0.508. The van der Waals surface area contributed by atoms with Crippen molar-refractivity contribution in [1.29, 1.82) is 0 Å². The number of carbonyl (C=O) groups is 2. The number of hydrogen-bond acceptors (Lipinski definition) is 2. The topological polar surface area (TPSA) is 45.6 Å². The first-order valence-electron chi connectivity index (χ1n) is 10.1. The minimum atomic E-state index is -0.0219. The first-order chi connectivity index (χ1) is 14.4. The summed E-state index contributed by atoms with van der Waals surface area (Å²) in [6, 6.07) is 13.8. The highest BCUT2D eigenvalue weighted by Gasteiger charge is 2.29. The van der Waals surface area contributed by atoms with Crippen LogP contribution in [0, 0.1) is 0 Å². The van der Waals surface area contributed by atoms with Crippen LogP contribution in [0.4, 0.5) is 5.69 Å². The van der Waals surface area contributed by atoms with Crippen molar-refractivity contribution >= 4 is 56.0 Å². The molecule has 0 radical (unpaired) electrons. The summed E-state index contributed by atoms with van der Waals surface area (Å²) in [6.45, 7) is 5.63. The van der Waals surface area contributed by atoms with Gasteiger partial charge in [0.1, 0.15) is 6.54 Å². The monoisotopic (exact) mass is 465 g/mol. The number of fused-ring (bicyclic) bond motifs is 2. The number of nitrogens with zero attached hydrogens (tertiary/aromatic N) is 3. The van der Waals surface area contributed by atoms with E-state index >= 15 is 0 Å². The minimum Gasteiger partial charge on any atom is -0.342 e. The van der Waals surface area contributed by atoms with E-state index in [1.165, 1.54) is 0 Å². The lowest BCUT2D eigenvalue weighted by Gasteiger charge is -2.19. The second kappa shape index (κ2) is 8.11. The van der Waals surface area contributed by atoms with Crippen LogP contribution in [-0.4, -0.2) is 41.4 Å². The molecule has 0 spiro atoms. The zero-order valence-corrected chi connectivity index (χ0v) is 18.9. The molecule has 5 nitrogen and oxygen atoms in total. The molecule has 4 rings (SSSR count). The van der Waals surface area contributed by atoms with Gasteiger partial charge in [0.05, 0.1) is 5.69 Å². The molecule has 2 aromatic carbocycles. The van der Waals surface area contributed by atoms with Gasteiger partial charge in [-0.05, 0) is 44.2 Å². The van der Waals surface area contributed by atoms with E-state index in [4.69, 9.17) is 0 Å². The van der Waals surface area contributed by atoms with E-state index in [2.05, 4.69) is 15.9 Å². The summed E-state index contributed by atoms with van der Waals surface area (Å²) in [5.74, 6) is 0.0624. The van der Waals surface area contributed by atoms with Crippen LogP contribution in [0.3, 0.4) is 0 Å². The maximum Gasteiger partial charge on any atom is 0.258 e. The van der Waals surface area contributed by atoms with Crippen molar-refractivity contribution in [2.45, 2.75) is 20.4 Å². The number of likely N-dealkylation sites (N-methyl/N-ethyl adjacent to an activating group) is 2. The van der Waals surface area contributed by atoms with E-state index in [9.17, 15) is 9.59 Å². The van der Waals surface area contributed by atoms with Gasteiger partial charge in [-0.1, -0.05) is 34.1 Å². The van der Waals surface area contributed by atoms with E-state index < -0.39 is 0 Å². The molecule has 1 aliphatic heterocycles. The maximum atomic E-state index is 12.9. The lowest BCUT2D eigenvalue weighted by atomic mass is 10.0. The van der Waals surface area contributed by atoms with Gasteiger partial charge >= 0.3 is 0 Å². The van der Waals surface area contributed by atoms with Crippen LogP contribution in [-0.2, 0) is 16.1 Å². The fourth-order valence-corrected chi connectivity index (χ4v) is 4.42. The number of carbonyl (C=O) groups excluding carboxylic acids is 2. The number of anilines is 1. The molecule has 0 saturated heterocycles. The van der Waals surface area contributed by atoms with Crippen molar-refractivity contribution in [3.05, 3.63) is 64.3 Å². The highest BCUT2D eigenvalue weighted by molar-refractivity contribution is 9.10. The highest BCUT2D eigenvalue weighted by Crippen LogP contribution is 2.38. The predicted molar refractivity (Wildman–Crippen MR) is 125 cm³/mol. The van der Waals surface area contributed by atoms with Crippen LogP contribution in [0.1, 0.15) is 25.0 Å². The Morgan fingerprint density at radius 3 is 2.60 bits per heavy atom. The normalized spacial score (nSPS) is 14.6. The van der Waals surface area contributed by atoms with Crippen LogP contribution in [0.5, 0.6) is 0 Å². The lowest BCUT2D eigenvalue weighted by Crippen LogP contribution is -2.33. The Bertz CT molecular complexity index is 1170. The second-order valence-electron chi connectivity index (χ2n) is 7.38. The molecule has 2 heterocycles. The van der Waals surface area contributed by atoms with Gasteiger partial charge in [0.2, 0.25) is 5.91 Å². The van der Waals surface area contributed by atoms with Crippen molar-refractivity contribution in [2.75, 3.05) is 25.0 Å². The molecule has 3 aromatic rings. The minimum absolute atomic E-state index is 0.0219. The van der Waals surface area contributed by atoms with E-state index in [0.29, 0.717) is 18.7 Å². The van der Waals surface area contributed by atoms with Crippen molar-refractivity contribution in [2.24, 2.45) is 0 Å². The van der Waals surface area contributed by atoms with Crippen molar-refractivity contribution in [3.8, 4) is 0 Å². The average Bonchev–Trinajstić information content (AvgIpc) is 3.19. The zero-order chi connectivity index (χ0) is 21.4. The molecule has 0 aliphatic carbocycles. The summed E-state index contributed by atoms with van der Waals surface area (Å²) in [6.07, 6.45) is 3.91. The summed E-state index contributed by atoms with van der Waals surface area (Å²) in [4.78, 5) is 29.1. The van der Waals surface area contributed by atoms with Gasteiger partial charge in [0.25, 0.3) is 5.91 Å². The third-order valence-electron chi connectivity index (χ3n) is 5.69. The van der Waals surface area contributed by atoms with Crippen molar-refractivity contribution < 1.29 is 9.59 Å². The fourth-order valence-electron chi connectivity index (χ4n) is 4.06. The molecule has 0 bridgehead atoms. The summed E-state index contributed by atoms with van der Waals surface area (Å²) in [5, 5.41) is 1.00. The molecular weight excluding hydrogens is 442 g/mol. The highest BCUT2D eigenvalue weighted by atomic mass is 79.9. The average molecular weight is 466 g/mol. The van der Waals surface area contributed by atoms with E-state index in [1.54, 1.807) is 11.9 Å². The number of amides is 2. The Labute approximate surface area is 184 Å². The second-order valence-corrected chi connectivity index (χ2v) is 8.29. The van der Waals surface area contributed by atoms with Crippen molar-refractivity contribution in [1.82, 2.24) is 9.47 Å². The SMILES string of the molecule is CCN(CC)C(=O)Cn1cc(C=C2C(=O)N(C)c3ccccc32)c2cc(Br)ccc21. The molecule has 154 valence electrons. The molecule has 0 saturated carbocycles. The number of rotatable bonds is 5. The van der Waals surface area contributed by atoms with Crippen LogP contribution in [0.25, 0.3) is 22.6 Å². The lowest BCUT2D eigenvalue weighted by molar-refractivity contribution is -0.131. The molecule has 6 heteroatoms. The fraction of sp³-hybridized carbons (Fsp3) is 0.250. The number of benzene rings is 2. The first kappa shape index (κ1) is 20.4. The molecule has 2 amide bonds. The van der Waals surface area contributed by atoms with Gasteiger partial charge < -0.3 is 14.4 Å². The van der Waals surface area contributed by atoms with E-state index in [0.717, 1.165) is 32.2 Å². The van der Waals surface area contributed by atoms with Gasteiger partial charge in [-0.25, -0.2) is 0 Å². The van der Waals surface area contributed by atoms with Crippen LogP contribution in [0.2, 0.25) is 0 Å². The molecule has 0 N–H and O–H groups in total. The maximum absolute atomic E-state index is 12.9. The Balaban J connectivity index is 1.82. The summed E-state index contributed by atoms with van der Waals surface area (Å²) in [5.41, 5.74) is 4.41. The third-order valence-corrected chi connectivity index (χ3v) is 6.18.